The van der Waals surface area contributed by atoms with Crippen LogP contribution in [0.2, 0.25) is 0 Å². The average Bonchev–Trinajstić information content (AvgIpc) is 3.24. The Balaban J connectivity index is 1.30. The van der Waals surface area contributed by atoms with Crippen LogP contribution < -0.4 is 0 Å². The number of ether oxygens (including phenoxy) is 1. The minimum atomic E-state index is -1.39. The summed E-state index contributed by atoms with van der Waals surface area (Å²) in [4.78, 5) is 61.9. The number of imide groups is 1. The summed E-state index contributed by atoms with van der Waals surface area (Å²) in [5, 5.41) is 11.0. The predicted octanol–water partition coefficient (Wildman–Crippen LogP) is 4.30. The number of nitro benzene ring substituents is 1. The molecule has 1 saturated heterocycles. The molecule has 7 rings (SSSR count). The highest BCUT2D eigenvalue weighted by atomic mass is 35.5. The van der Waals surface area contributed by atoms with E-state index in [1.54, 1.807) is 48.5 Å². The lowest BCUT2D eigenvalue weighted by Crippen LogP contribution is -2.57. The molecule has 0 saturated carbocycles. The van der Waals surface area contributed by atoms with Crippen LogP contribution in [0.4, 0.5) is 5.69 Å². The summed E-state index contributed by atoms with van der Waals surface area (Å²) in [6.45, 7) is 0.598. The molecule has 40 heavy (non-hydrogen) atoms. The Morgan fingerprint density at radius 3 is 1.82 bits per heavy atom. The number of likely N-dealkylation sites (tertiary alicyclic amines) is 1. The maximum absolute atomic E-state index is 13.9. The van der Waals surface area contributed by atoms with E-state index in [9.17, 15) is 29.3 Å². The molecule has 3 aliphatic carbocycles. The summed E-state index contributed by atoms with van der Waals surface area (Å²) in [6, 6.07) is 18.0. The Hall–Kier alpha value is -4.08. The van der Waals surface area contributed by atoms with Gasteiger partial charge in [0.25, 0.3) is 5.69 Å². The van der Waals surface area contributed by atoms with E-state index in [0.717, 1.165) is 11.0 Å². The number of ketones is 1. The Kier molecular flexibility index (Phi) is 5.87. The fourth-order valence-corrected chi connectivity index (χ4v) is 7.41. The van der Waals surface area contributed by atoms with Gasteiger partial charge in [-0.1, -0.05) is 60.7 Å². The smallest absolute Gasteiger partial charge is 0.329 e. The zero-order valence-electron chi connectivity index (χ0n) is 20.9. The predicted molar refractivity (Wildman–Crippen MR) is 143 cm³/mol. The Morgan fingerprint density at radius 1 is 0.900 bits per heavy atom. The fraction of sp³-hybridized carbons (Fsp3) is 0.241. The SMILES string of the molecule is C[C@H](C(=O)OCC(=O)c1cccc([N+](=O)[O-])c1)N1C(=O)[C@@H]2[C@@H](C1=O)C1(Cl)c3ccccc3C2(Cl)c2ccccc21. The van der Waals surface area contributed by atoms with Crippen molar-refractivity contribution in [2.24, 2.45) is 11.8 Å². The van der Waals surface area contributed by atoms with Gasteiger partial charge < -0.3 is 4.74 Å². The molecule has 2 bridgehead atoms. The number of amides is 2. The van der Waals surface area contributed by atoms with Gasteiger partial charge in [0.05, 0.1) is 16.8 Å². The van der Waals surface area contributed by atoms with Crippen LogP contribution in [0.5, 0.6) is 0 Å². The summed E-state index contributed by atoms with van der Waals surface area (Å²) in [7, 11) is 0. The highest BCUT2D eigenvalue weighted by Crippen LogP contribution is 2.69. The second-order valence-electron chi connectivity index (χ2n) is 10.0. The number of carbonyl (C=O) groups is 4. The molecule has 1 fully saturated rings. The molecule has 0 radical (unpaired) electrons. The number of esters is 1. The molecule has 0 aromatic heterocycles. The molecule has 1 heterocycles. The summed E-state index contributed by atoms with van der Waals surface area (Å²) >= 11 is 14.7. The quantitative estimate of drug-likeness (QED) is 0.107. The molecule has 3 atom stereocenters. The number of non-ortho nitro benzene ring substituents is 1. The number of alkyl halides is 2. The summed E-state index contributed by atoms with van der Waals surface area (Å²) in [6.07, 6.45) is 0. The van der Waals surface area contributed by atoms with Crippen molar-refractivity contribution >= 4 is 52.5 Å². The van der Waals surface area contributed by atoms with Crippen LogP contribution in [0.3, 0.4) is 0 Å². The van der Waals surface area contributed by atoms with Crippen LogP contribution in [-0.2, 0) is 28.9 Å². The maximum atomic E-state index is 13.9. The third-order valence-corrected chi connectivity index (χ3v) is 9.36. The highest BCUT2D eigenvalue weighted by molar-refractivity contribution is 6.36. The largest absolute Gasteiger partial charge is 0.456 e. The number of halogens is 2. The van der Waals surface area contributed by atoms with Crippen molar-refractivity contribution in [2.75, 3.05) is 6.61 Å². The van der Waals surface area contributed by atoms with Crippen molar-refractivity contribution in [3.8, 4) is 0 Å². The molecule has 9 nitrogen and oxygen atoms in total. The van der Waals surface area contributed by atoms with E-state index in [1.807, 2.05) is 0 Å². The van der Waals surface area contributed by atoms with E-state index in [1.165, 1.54) is 25.1 Å². The van der Waals surface area contributed by atoms with Gasteiger partial charge in [0, 0.05) is 17.7 Å². The zero-order chi connectivity index (χ0) is 28.6. The molecule has 2 amide bonds. The van der Waals surface area contributed by atoms with E-state index < -0.39 is 62.7 Å². The van der Waals surface area contributed by atoms with Crippen molar-refractivity contribution in [1.82, 2.24) is 4.90 Å². The summed E-state index contributed by atoms with van der Waals surface area (Å²) < 4.78 is 5.16. The standard InChI is InChI=1S/C29H20Cl2N2O7/c1-15(27(37)40-14-22(34)16-7-6-8-17(13-16)33(38)39)32-25(35)23-24(26(32)36)29(31)19-10-3-2-9-18(19)28(23,30)20-11-4-5-12-21(20)29/h2-13,15,23-24H,14H2,1H3/t15-,23+,24+,28?,29?/m1/s1. The van der Waals surface area contributed by atoms with Gasteiger partial charge in [-0.15, -0.1) is 23.2 Å². The second-order valence-corrected chi connectivity index (χ2v) is 11.2. The van der Waals surface area contributed by atoms with Crippen molar-refractivity contribution in [3.63, 3.8) is 0 Å². The van der Waals surface area contributed by atoms with Gasteiger partial charge >= 0.3 is 5.97 Å². The number of hydrogen-bond donors (Lipinski definition) is 0. The lowest BCUT2D eigenvalue weighted by Gasteiger charge is -2.54. The van der Waals surface area contributed by atoms with Crippen molar-refractivity contribution in [3.05, 3.63) is 111 Å². The molecule has 11 heteroatoms. The maximum Gasteiger partial charge on any atom is 0.329 e. The van der Waals surface area contributed by atoms with Gasteiger partial charge in [0.1, 0.15) is 15.8 Å². The third-order valence-electron chi connectivity index (χ3n) is 8.07. The molecular weight excluding hydrogens is 559 g/mol. The zero-order valence-corrected chi connectivity index (χ0v) is 22.4. The van der Waals surface area contributed by atoms with Crippen LogP contribution in [0.25, 0.3) is 0 Å². The number of carbonyl (C=O) groups excluding carboxylic acids is 4. The molecule has 3 aromatic carbocycles. The van der Waals surface area contributed by atoms with E-state index in [2.05, 4.69) is 0 Å². The van der Waals surface area contributed by atoms with Gasteiger partial charge in [0.2, 0.25) is 17.6 Å². The summed E-state index contributed by atoms with van der Waals surface area (Å²) in [5.41, 5.74) is 2.22. The molecule has 4 aliphatic rings. The van der Waals surface area contributed by atoms with E-state index in [0.29, 0.717) is 22.3 Å². The van der Waals surface area contributed by atoms with Gasteiger partial charge in [-0.05, 0) is 29.2 Å². The first kappa shape index (κ1) is 26.2. The van der Waals surface area contributed by atoms with Gasteiger partial charge in [-0.3, -0.25) is 29.4 Å². The molecule has 202 valence electrons. The topological polar surface area (TPSA) is 124 Å². The van der Waals surface area contributed by atoms with Crippen molar-refractivity contribution in [1.29, 1.82) is 0 Å². The van der Waals surface area contributed by atoms with Crippen LogP contribution in [-0.4, -0.2) is 46.0 Å². The number of nitro groups is 1. The normalized spacial score (nSPS) is 26.5. The second kappa shape index (κ2) is 8.97. The molecule has 0 unspecified atom stereocenters. The van der Waals surface area contributed by atoms with E-state index in [-0.39, 0.29) is 11.3 Å². The Labute approximate surface area is 237 Å². The highest BCUT2D eigenvalue weighted by Gasteiger charge is 2.73. The van der Waals surface area contributed by atoms with Gasteiger partial charge in [-0.2, -0.15) is 0 Å². The minimum Gasteiger partial charge on any atom is -0.456 e. The molecule has 3 aromatic rings. The van der Waals surface area contributed by atoms with Crippen LogP contribution in [0.1, 0.15) is 39.5 Å². The third kappa shape index (κ3) is 3.34. The van der Waals surface area contributed by atoms with Gasteiger partial charge in [-0.25, -0.2) is 4.79 Å². The number of rotatable bonds is 6. The van der Waals surface area contributed by atoms with Gasteiger partial charge in [0.15, 0.2) is 6.61 Å². The summed E-state index contributed by atoms with van der Waals surface area (Å²) in [5.74, 6) is -5.15. The Morgan fingerprint density at radius 2 is 1.38 bits per heavy atom. The van der Waals surface area contributed by atoms with Crippen LogP contribution >= 0.6 is 23.2 Å². The first-order valence-corrected chi connectivity index (χ1v) is 13.2. The first-order valence-electron chi connectivity index (χ1n) is 12.4. The number of Topliss-reactive ketones (excluding diaryl/α,β-unsaturated/α-hetero) is 1. The number of hydrogen-bond acceptors (Lipinski definition) is 7. The first-order chi connectivity index (χ1) is 19.0. The van der Waals surface area contributed by atoms with Crippen molar-refractivity contribution in [2.45, 2.75) is 22.7 Å². The fourth-order valence-electron chi connectivity index (χ4n) is 6.31. The lowest BCUT2D eigenvalue weighted by molar-refractivity contribution is -0.384. The lowest BCUT2D eigenvalue weighted by atomic mass is 9.54. The Bertz CT molecular complexity index is 1530. The monoisotopic (exact) mass is 578 g/mol. The molecule has 0 spiro atoms. The van der Waals surface area contributed by atoms with E-state index >= 15 is 0 Å². The minimum absolute atomic E-state index is 0.0192. The van der Waals surface area contributed by atoms with Crippen LogP contribution in [0, 0.1) is 22.0 Å². The molecule has 1 aliphatic heterocycles. The van der Waals surface area contributed by atoms with Crippen molar-refractivity contribution < 1.29 is 28.8 Å². The number of benzene rings is 3. The molecular formula is C29H20Cl2N2O7. The van der Waals surface area contributed by atoms with E-state index in [4.69, 9.17) is 27.9 Å². The van der Waals surface area contributed by atoms with Crippen LogP contribution in [0.15, 0.2) is 72.8 Å². The average molecular weight is 579 g/mol. The molecule has 0 N–H and O–H groups in total. The number of nitrogens with zero attached hydrogens (tertiary/aromatic N) is 2.